The van der Waals surface area contributed by atoms with Crippen LogP contribution in [0.15, 0.2) is 29.3 Å². The summed E-state index contributed by atoms with van der Waals surface area (Å²) in [7, 11) is -1.28. The van der Waals surface area contributed by atoms with Gasteiger partial charge in [0.2, 0.25) is 10.0 Å². The molecule has 2 heterocycles. The largest absolute Gasteiger partial charge is 0.368 e. The number of nitrogens with zero attached hydrogens (tertiary/aromatic N) is 3. The van der Waals surface area contributed by atoms with Crippen LogP contribution in [0, 0.1) is 5.92 Å². The lowest BCUT2D eigenvalue weighted by Crippen LogP contribution is -2.52. The van der Waals surface area contributed by atoms with Gasteiger partial charge in [0.25, 0.3) is 0 Å². The van der Waals surface area contributed by atoms with Gasteiger partial charge in [-0.15, -0.1) is 24.0 Å². The molecule has 1 aromatic rings. The molecule has 170 valence electrons. The predicted octanol–water partition coefficient (Wildman–Crippen LogP) is 2.76. The zero-order chi connectivity index (χ0) is 20.9. The van der Waals surface area contributed by atoms with E-state index in [9.17, 15) is 8.42 Å². The van der Waals surface area contributed by atoms with E-state index in [0.29, 0.717) is 25.0 Å². The molecule has 2 aliphatic rings. The van der Waals surface area contributed by atoms with E-state index in [0.717, 1.165) is 62.0 Å². The molecule has 2 fully saturated rings. The van der Waals surface area contributed by atoms with Crippen molar-refractivity contribution in [2.75, 3.05) is 50.9 Å². The van der Waals surface area contributed by atoms with Crippen LogP contribution in [0.2, 0.25) is 5.02 Å². The highest BCUT2D eigenvalue weighted by Gasteiger charge is 2.26. The number of anilines is 1. The maximum absolute atomic E-state index is 11.6. The second kappa shape index (κ2) is 11.7. The Morgan fingerprint density at radius 3 is 2.53 bits per heavy atom. The normalized spacial score (nSPS) is 21.8. The number of benzene rings is 1. The summed E-state index contributed by atoms with van der Waals surface area (Å²) in [6.07, 6.45) is 5.23. The van der Waals surface area contributed by atoms with E-state index in [1.165, 1.54) is 6.26 Å². The third kappa shape index (κ3) is 7.13. The number of nitrogens with one attached hydrogen (secondary N) is 2. The smallest absolute Gasteiger partial charge is 0.211 e. The molecule has 2 N–H and O–H groups in total. The number of hydrogen-bond donors (Lipinski definition) is 2. The predicted molar refractivity (Wildman–Crippen MR) is 136 cm³/mol. The molecule has 2 aliphatic heterocycles. The fraction of sp³-hybridized carbons (Fsp3) is 0.650. The molecule has 30 heavy (non-hydrogen) atoms. The van der Waals surface area contributed by atoms with Crippen LogP contribution in [0.5, 0.6) is 0 Å². The van der Waals surface area contributed by atoms with Crippen molar-refractivity contribution in [3.63, 3.8) is 0 Å². The minimum absolute atomic E-state index is 0. The molecule has 0 aromatic heterocycles. The lowest BCUT2D eigenvalue weighted by Gasteiger charge is -2.36. The van der Waals surface area contributed by atoms with E-state index >= 15 is 0 Å². The van der Waals surface area contributed by atoms with E-state index in [2.05, 4.69) is 26.6 Å². The molecule has 0 amide bonds. The van der Waals surface area contributed by atoms with Crippen molar-refractivity contribution in [3.05, 3.63) is 29.3 Å². The minimum Gasteiger partial charge on any atom is -0.368 e. The van der Waals surface area contributed by atoms with Gasteiger partial charge in [0, 0.05) is 45.8 Å². The van der Waals surface area contributed by atoms with Gasteiger partial charge < -0.3 is 15.5 Å². The van der Waals surface area contributed by atoms with Crippen LogP contribution in [0.3, 0.4) is 0 Å². The third-order valence-electron chi connectivity index (χ3n) is 5.78. The Balaban J connectivity index is 0.00000320. The van der Waals surface area contributed by atoms with Crippen molar-refractivity contribution >= 4 is 57.2 Å². The number of para-hydroxylation sites is 1. The molecule has 0 saturated carbocycles. The molecule has 0 aliphatic carbocycles. The second-order valence-electron chi connectivity index (χ2n) is 7.94. The number of piperidine rings is 2. The van der Waals surface area contributed by atoms with Gasteiger partial charge in [0.15, 0.2) is 5.96 Å². The topological polar surface area (TPSA) is 77.0 Å². The minimum atomic E-state index is -3.07. The van der Waals surface area contributed by atoms with Crippen molar-refractivity contribution in [1.82, 2.24) is 14.9 Å². The summed E-state index contributed by atoms with van der Waals surface area (Å²) in [5, 5.41) is 7.77. The van der Waals surface area contributed by atoms with Crippen molar-refractivity contribution < 1.29 is 8.42 Å². The van der Waals surface area contributed by atoms with Crippen molar-refractivity contribution in [1.29, 1.82) is 0 Å². The van der Waals surface area contributed by atoms with Crippen LogP contribution in [0.4, 0.5) is 5.69 Å². The summed E-state index contributed by atoms with van der Waals surface area (Å²) < 4.78 is 24.9. The highest BCUT2D eigenvalue weighted by Crippen LogP contribution is 2.27. The average Bonchev–Trinajstić information content (AvgIpc) is 2.71. The van der Waals surface area contributed by atoms with Gasteiger partial charge in [0.05, 0.1) is 17.0 Å². The van der Waals surface area contributed by atoms with Crippen molar-refractivity contribution in [2.45, 2.75) is 31.7 Å². The number of rotatable bonds is 5. The lowest BCUT2D eigenvalue weighted by atomic mass is 9.98. The first-order valence-corrected chi connectivity index (χ1v) is 12.5. The molecule has 0 spiro atoms. The number of halogens is 2. The van der Waals surface area contributed by atoms with Crippen LogP contribution >= 0.6 is 35.6 Å². The van der Waals surface area contributed by atoms with Gasteiger partial charge >= 0.3 is 0 Å². The Kier molecular flexibility index (Phi) is 9.96. The monoisotopic (exact) mass is 569 g/mol. The second-order valence-corrected chi connectivity index (χ2v) is 10.3. The molecule has 1 aromatic carbocycles. The first kappa shape index (κ1) is 25.5. The maximum Gasteiger partial charge on any atom is 0.211 e. The summed E-state index contributed by atoms with van der Waals surface area (Å²) >= 11 is 6.37. The zero-order valence-corrected chi connectivity index (χ0v) is 21.6. The van der Waals surface area contributed by atoms with E-state index in [-0.39, 0.29) is 24.0 Å². The molecule has 0 radical (unpaired) electrons. The summed E-state index contributed by atoms with van der Waals surface area (Å²) in [4.78, 5) is 6.71. The Bertz CT molecular complexity index is 815. The highest BCUT2D eigenvalue weighted by molar-refractivity contribution is 14.0. The molecule has 10 heteroatoms. The molecular formula is C20H33ClIN5O2S. The SMILES string of the molecule is CN=C(NCC1CCN(S(C)(=O)=O)CC1)NC1CCCN(c2ccccc2Cl)C1.I. The fourth-order valence-electron chi connectivity index (χ4n) is 4.10. The summed E-state index contributed by atoms with van der Waals surface area (Å²) in [6.45, 7) is 3.90. The summed E-state index contributed by atoms with van der Waals surface area (Å²) in [5.74, 6) is 1.26. The molecule has 1 atom stereocenters. The Morgan fingerprint density at radius 2 is 1.90 bits per heavy atom. The van der Waals surface area contributed by atoms with Gasteiger partial charge in [0.1, 0.15) is 0 Å². The lowest BCUT2D eigenvalue weighted by molar-refractivity contribution is 0.274. The number of hydrogen-bond acceptors (Lipinski definition) is 4. The van der Waals surface area contributed by atoms with E-state index in [4.69, 9.17) is 11.6 Å². The number of guanidine groups is 1. The van der Waals surface area contributed by atoms with Crippen LogP contribution in [-0.2, 0) is 10.0 Å². The van der Waals surface area contributed by atoms with Crippen LogP contribution in [-0.4, -0.2) is 70.8 Å². The Labute approximate surface area is 202 Å². The fourth-order valence-corrected chi connectivity index (χ4v) is 5.23. The van der Waals surface area contributed by atoms with Gasteiger partial charge in [-0.1, -0.05) is 23.7 Å². The Hall–Kier alpha value is -0.780. The van der Waals surface area contributed by atoms with Crippen LogP contribution in [0.1, 0.15) is 25.7 Å². The Morgan fingerprint density at radius 1 is 1.20 bits per heavy atom. The molecule has 2 saturated heterocycles. The zero-order valence-electron chi connectivity index (χ0n) is 17.7. The van der Waals surface area contributed by atoms with Crippen LogP contribution < -0.4 is 15.5 Å². The van der Waals surface area contributed by atoms with Crippen molar-refractivity contribution in [3.8, 4) is 0 Å². The quantitative estimate of drug-likeness (QED) is 0.324. The van der Waals surface area contributed by atoms with E-state index in [1.807, 2.05) is 18.2 Å². The third-order valence-corrected chi connectivity index (χ3v) is 7.40. The average molecular weight is 570 g/mol. The van der Waals surface area contributed by atoms with Gasteiger partial charge in [-0.05, 0) is 43.7 Å². The number of aliphatic imine (C=N–C) groups is 1. The standard InChI is InChI=1S/C20H32ClN5O2S.HI/c1-22-20(23-14-16-9-12-26(13-10-16)29(2,27)28)24-17-6-5-11-25(15-17)19-8-4-3-7-18(19)21;/h3-4,7-8,16-17H,5-6,9-15H2,1-2H3,(H2,22,23,24);1H. The highest BCUT2D eigenvalue weighted by atomic mass is 127. The molecule has 3 rings (SSSR count). The van der Waals surface area contributed by atoms with Gasteiger partial charge in [-0.3, -0.25) is 4.99 Å². The van der Waals surface area contributed by atoms with Crippen molar-refractivity contribution in [2.24, 2.45) is 10.9 Å². The van der Waals surface area contributed by atoms with Gasteiger partial charge in [-0.2, -0.15) is 0 Å². The molecular weight excluding hydrogens is 537 g/mol. The summed E-state index contributed by atoms with van der Waals surface area (Å²) in [6, 6.07) is 8.29. The maximum atomic E-state index is 11.6. The molecule has 7 nitrogen and oxygen atoms in total. The summed E-state index contributed by atoms with van der Waals surface area (Å²) in [5.41, 5.74) is 1.08. The molecule has 1 unspecified atom stereocenters. The van der Waals surface area contributed by atoms with Gasteiger partial charge in [-0.25, -0.2) is 12.7 Å². The first-order valence-electron chi connectivity index (χ1n) is 10.3. The first-order chi connectivity index (χ1) is 13.9. The number of sulfonamides is 1. The van der Waals surface area contributed by atoms with Crippen LogP contribution in [0.25, 0.3) is 0 Å². The van der Waals surface area contributed by atoms with E-state index < -0.39 is 10.0 Å². The molecule has 0 bridgehead atoms. The van der Waals surface area contributed by atoms with E-state index in [1.54, 1.807) is 11.4 Å².